The highest BCUT2D eigenvalue weighted by molar-refractivity contribution is 7.55. The van der Waals surface area contributed by atoms with Crippen LogP contribution in [0.2, 0.25) is 0 Å². The molecule has 0 bridgehead atoms. The van der Waals surface area contributed by atoms with Crippen molar-refractivity contribution in [3.63, 3.8) is 0 Å². The van der Waals surface area contributed by atoms with E-state index in [2.05, 4.69) is 20.0 Å². The second-order valence-corrected chi connectivity index (χ2v) is 4.02. The van der Waals surface area contributed by atoms with Crippen molar-refractivity contribution in [3.05, 3.63) is 0 Å². The zero-order valence-corrected chi connectivity index (χ0v) is 5.57. The molecule has 0 saturated heterocycles. The van der Waals surface area contributed by atoms with Crippen LogP contribution in [0.15, 0.2) is 0 Å². The van der Waals surface area contributed by atoms with E-state index in [1.54, 1.807) is 0 Å². The summed E-state index contributed by atoms with van der Waals surface area (Å²) in [6.07, 6.45) is 0. The molecule has 4 heteroatoms. The molecule has 50 valence electrons. The van der Waals surface area contributed by atoms with Gasteiger partial charge in [-0.05, 0) is 20.0 Å². The Morgan fingerprint density at radius 2 is 0.714 bits per heavy atom. The summed E-state index contributed by atoms with van der Waals surface area (Å²) in [6.45, 7) is 6.69. The second kappa shape index (κ2) is 16.3. The van der Waals surface area contributed by atoms with Crippen LogP contribution in [0.25, 0.3) is 0 Å². The van der Waals surface area contributed by atoms with E-state index in [1.807, 2.05) is 0 Å². The Kier molecular flexibility index (Phi) is 62.9. The first-order chi connectivity index (χ1) is 1.73. The van der Waals surface area contributed by atoms with E-state index < -0.39 is 0 Å². The van der Waals surface area contributed by atoms with Gasteiger partial charge < -0.3 is 0 Å². The normalized spacial score (nSPS) is 5.14. The van der Waals surface area contributed by atoms with Crippen LogP contribution in [0.4, 0.5) is 14.1 Å². The molecule has 0 saturated carbocycles. The quantitative estimate of drug-likeness (QED) is 0.445. The van der Waals surface area contributed by atoms with Crippen molar-refractivity contribution >= 4 is 7.92 Å². The van der Waals surface area contributed by atoms with Gasteiger partial charge in [-0.25, -0.2) is 0 Å². The molecular formula is C3H12F3P. The minimum atomic E-state index is 0. The molecule has 0 spiro atoms. The smallest absolute Gasteiger partial charge is 0.0449 e. The van der Waals surface area contributed by atoms with Gasteiger partial charge >= 0.3 is 0 Å². The molecule has 0 rings (SSSR count). The molecule has 0 N–H and O–H groups in total. The fourth-order valence-corrected chi connectivity index (χ4v) is 0. The van der Waals surface area contributed by atoms with Gasteiger partial charge in [-0.15, -0.1) is 7.92 Å². The van der Waals surface area contributed by atoms with Gasteiger partial charge in [0, 0.05) is 0 Å². The minimum Gasteiger partial charge on any atom is -0.269 e. The monoisotopic (exact) mass is 136 g/mol. The van der Waals surface area contributed by atoms with Crippen LogP contribution in [0.3, 0.4) is 0 Å². The topological polar surface area (TPSA) is 0 Å². The van der Waals surface area contributed by atoms with E-state index in [1.165, 1.54) is 0 Å². The van der Waals surface area contributed by atoms with Crippen LogP contribution in [0.1, 0.15) is 0 Å². The van der Waals surface area contributed by atoms with Crippen molar-refractivity contribution < 1.29 is 14.1 Å². The zero-order valence-electron chi connectivity index (χ0n) is 4.67. The van der Waals surface area contributed by atoms with Crippen LogP contribution in [-0.2, 0) is 0 Å². The summed E-state index contributed by atoms with van der Waals surface area (Å²) >= 11 is 0. The van der Waals surface area contributed by atoms with Gasteiger partial charge in [0.05, 0.1) is 0 Å². The minimum absolute atomic E-state index is 0. The largest absolute Gasteiger partial charge is 0.269 e. The molecule has 0 heterocycles. The third kappa shape index (κ3) is 2290. The summed E-state index contributed by atoms with van der Waals surface area (Å²) in [5.41, 5.74) is 0. The van der Waals surface area contributed by atoms with Crippen molar-refractivity contribution in [2.45, 2.75) is 0 Å². The van der Waals surface area contributed by atoms with E-state index in [0.29, 0.717) is 7.92 Å². The van der Waals surface area contributed by atoms with Gasteiger partial charge in [0.1, 0.15) is 0 Å². The van der Waals surface area contributed by atoms with Gasteiger partial charge in [0.25, 0.3) is 0 Å². The van der Waals surface area contributed by atoms with Crippen molar-refractivity contribution in [3.8, 4) is 0 Å². The molecule has 0 amide bonds. The average molecular weight is 136 g/mol. The lowest BCUT2D eigenvalue weighted by Gasteiger charge is -1.81. The third-order valence-electron chi connectivity index (χ3n) is 0. The van der Waals surface area contributed by atoms with Crippen LogP contribution in [0, 0.1) is 0 Å². The highest BCUT2D eigenvalue weighted by atomic mass is 31.1. The molecule has 0 aromatic rings. The molecule has 0 unspecified atom stereocenters. The third-order valence-corrected chi connectivity index (χ3v) is 0. The van der Waals surface area contributed by atoms with Gasteiger partial charge in [-0.3, -0.25) is 14.1 Å². The van der Waals surface area contributed by atoms with Crippen molar-refractivity contribution in [2.75, 3.05) is 20.0 Å². The summed E-state index contributed by atoms with van der Waals surface area (Å²) in [7, 11) is 0.380. The van der Waals surface area contributed by atoms with Crippen LogP contribution < -0.4 is 0 Å². The maximum absolute atomic E-state index is 2.23. The predicted molar refractivity (Wildman–Crippen MR) is 32.2 cm³/mol. The van der Waals surface area contributed by atoms with Crippen molar-refractivity contribution in [2.24, 2.45) is 0 Å². The molecule has 0 aromatic heterocycles. The summed E-state index contributed by atoms with van der Waals surface area (Å²) in [4.78, 5) is 0. The molecule has 0 aromatic carbocycles. The van der Waals surface area contributed by atoms with Crippen LogP contribution in [0.5, 0.6) is 0 Å². The fraction of sp³-hybridized carbons (Fsp3) is 1.00. The molecule has 0 atom stereocenters. The molecule has 0 nitrogen and oxygen atoms in total. The molecule has 0 radical (unpaired) electrons. The maximum atomic E-state index is 2.23. The number of hydrogen-bond donors (Lipinski definition) is 0. The van der Waals surface area contributed by atoms with Crippen molar-refractivity contribution in [1.29, 1.82) is 0 Å². The predicted octanol–water partition coefficient (Wildman–Crippen LogP) is 1.82. The standard InChI is InChI=1S/C3H9P.3FH/c1-4(2)3;;;/h1-3H3;3*1H. The molecule has 7 heavy (non-hydrogen) atoms. The van der Waals surface area contributed by atoms with Crippen molar-refractivity contribution in [1.82, 2.24) is 0 Å². The molecular weight excluding hydrogens is 124 g/mol. The van der Waals surface area contributed by atoms with E-state index in [9.17, 15) is 0 Å². The first-order valence-corrected chi connectivity index (χ1v) is 4.02. The number of hydrogen-bond acceptors (Lipinski definition) is 0. The summed E-state index contributed by atoms with van der Waals surface area (Å²) in [5, 5.41) is 0. The first-order valence-electron chi connectivity index (χ1n) is 1.34. The van der Waals surface area contributed by atoms with Crippen LogP contribution in [-0.4, -0.2) is 20.0 Å². The van der Waals surface area contributed by atoms with E-state index in [0.717, 1.165) is 0 Å². The second-order valence-electron chi connectivity index (χ2n) is 1.34. The summed E-state index contributed by atoms with van der Waals surface area (Å²) < 4.78 is 0. The van der Waals surface area contributed by atoms with E-state index in [4.69, 9.17) is 0 Å². The maximum Gasteiger partial charge on any atom is -0.0449 e. The fourth-order valence-electron chi connectivity index (χ4n) is 0. The first kappa shape index (κ1) is 26.9. The Labute approximate surface area is 43.2 Å². The highest BCUT2D eigenvalue weighted by Crippen LogP contribution is 2.14. The van der Waals surface area contributed by atoms with E-state index >= 15 is 0 Å². The Morgan fingerprint density at radius 3 is 0.714 bits per heavy atom. The number of rotatable bonds is 0. The Balaban J connectivity index is -0.0000000150. The summed E-state index contributed by atoms with van der Waals surface area (Å²) in [5.74, 6) is 0. The van der Waals surface area contributed by atoms with E-state index in [-0.39, 0.29) is 14.1 Å². The van der Waals surface area contributed by atoms with Gasteiger partial charge in [-0.1, -0.05) is 0 Å². The number of halogens is 3. The zero-order chi connectivity index (χ0) is 3.58. The summed E-state index contributed by atoms with van der Waals surface area (Å²) in [6, 6.07) is 0. The van der Waals surface area contributed by atoms with Gasteiger partial charge in [0.15, 0.2) is 0 Å². The lowest BCUT2D eigenvalue weighted by molar-refractivity contribution is 1.11. The molecule has 0 aliphatic heterocycles. The van der Waals surface area contributed by atoms with Gasteiger partial charge in [-0.2, -0.15) is 0 Å². The molecule has 0 aliphatic rings. The van der Waals surface area contributed by atoms with Gasteiger partial charge in [0.2, 0.25) is 0 Å². The average Bonchev–Trinajstić information content (AvgIpc) is 0.811. The SMILES string of the molecule is CP(C)C.F.F.F. The Morgan fingerprint density at radius 1 is 0.714 bits per heavy atom. The Hall–Kier alpha value is 0.220. The molecule has 0 aliphatic carbocycles. The van der Waals surface area contributed by atoms with Crippen LogP contribution >= 0.6 is 7.92 Å². The lowest BCUT2D eigenvalue weighted by atomic mass is 11.9. The highest BCUT2D eigenvalue weighted by Gasteiger charge is 1.65. The Bertz CT molecular complexity index is 14.9. The lowest BCUT2D eigenvalue weighted by Crippen LogP contribution is -1.48. The molecule has 0 fully saturated rings.